The van der Waals surface area contributed by atoms with Crippen molar-refractivity contribution < 1.29 is 19.5 Å². The molecule has 4 rings (SSSR count). The van der Waals surface area contributed by atoms with Gasteiger partial charge < -0.3 is 9.67 Å². The number of carboxylic acids is 1. The average Bonchev–Trinajstić information content (AvgIpc) is 3.23. The molecule has 1 aliphatic heterocycles. The first-order valence-corrected chi connectivity index (χ1v) is 11.6. The van der Waals surface area contributed by atoms with Crippen LogP contribution in [-0.2, 0) is 4.79 Å². The van der Waals surface area contributed by atoms with E-state index in [-0.39, 0.29) is 9.88 Å². The molecule has 1 aliphatic rings. The molecule has 0 spiro atoms. The van der Waals surface area contributed by atoms with Crippen LogP contribution in [0.4, 0.5) is 0 Å². The molecule has 2 aromatic carbocycles. The summed E-state index contributed by atoms with van der Waals surface area (Å²) < 4.78 is 2.19. The van der Waals surface area contributed by atoms with Crippen LogP contribution < -0.4 is 5.43 Å². The Morgan fingerprint density at radius 1 is 1.06 bits per heavy atom. The van der Waals surface area contributed by atoms with Crippen molar-refractivity contribution in [2.24, 2.45) is 0 Å². The Labute approximate surface area is 210 Å². The van der Waals surface area contributed by atoms with Crippen LogP contribution in [0.1, 0.15) is 37.7 Å². The number of carbonyl (C=O) groups excluding carboxylic acids is 2. The van der Waals surface area contributed by atoms with Crippen molar-refractivity contribution in [3.63, 3.8) is 0 Å². The van der Waals surface area contributed by atoms with Gasteiger partial charge >= 0.3 is 5.97 Å². The van der Waals surface area contributed by atoms with E-state index < -0.39 is 17.8 Å². The third-order valence-electron chi connectivity index (χ3n) is 5.24. The number of amides is 2. The second-order valence-corrected chi connectivity index (χ2v) is 9.59. The highest BCUT2D eigenvalue weighted by atomic mass is 35.5. The number of aromatic carboxylic acids is 1. The number of carbonyl (C=O) groups is 3. The normalized spacial score (nSPS) is 14.7. The number of aryl methyl sites for hydroxylation is 1. The minimum Gasteiger partial charge on any atom is -0.478 e. The van der Waals surface area contributed by atoms with E-state index in [1.807, 2.05) is 24.5 Å². The summed E-state index contributed by atoms with van der Waals surface area (Å²) in [5.74, 6) is -1.89. The number of thioether (sulfide) groups is 1. The van der Waals surface area contributed by atoms with E-state index in [4.69, 9.17) is 28.9 Å². The van der Waals surface area contributed by atoms with Gasteiger partial charge in [-0.2, -0.15) is 5.01 Å². The molecule has 0 aliphatic carbocycles. The zero-order valence-corrected chi connectivity index (χ0v) is 20.4. The van der Waals surface area contributed by atoms with Gasteiger partial charge in [-0.3, -0.25) is 15.0 Å². The Hall–Kier alpha value is -3.40. The third kappa shape index (κ3) is 4.63. The summed E-state index contributed by atoms with van der Waals surface area (Å²) >= 11 is 12.3. The maximum absolute atomic E-state index is 13.0. The lowest BCUT2D eigenvalue weighted by Gasteiger charge is -2.15. The summed E-state index contributed by atoms with van der Waals surface area (Å²) in [5.41, 5.74) is 6.50. The van der Waals surface area contributed by atoms with Crippen molar-refractivity contribution in [1.82, 2.24) is 15.0 Å². The molecule has 0 saturated carbocycles. The SMILES string of the molecule is Cc1cc(/C=C2/SC(=S)N(NC(=O)c3ccc(Cl)cc3)C2=O)c(C)n1-c1ccc(C(=O)O)cc1. The van der Waals surface area contributed by atoms with Gasteiger partial charge in [-0.15, -0.1) is 0 Å². The Morgan fingerprint density at radius 2 is 1.68 bits per heavy atom. The fourth-order valence-corrected chi connectivity index (χ4v) is 4.85. The standard InChI is InChI=1S/C24H18ClN3O4S2/c1-13-11-17(14(2)27(13)19-9-5-16(6-10-19)23(31)32)12-20-22(30)28(24(33)34-20)26-21(29)15-3-7-18(25)8-4-15/h3-12H,1-2H3,(H,26,29)(H,31,32)/b20-12+. The molecule has 0 unspecified atom stereocenters. The van der Waals surface area contributed by atoms with Crippen molar-refractivity contribution in [1.29, 1.82) is 0 Å². The van der Waals surface area contributed by atoms with Gasteiger partial charge in [0.25, 0.3) is 11.8 Å². The summed E-state index contributed by atoms with van der Waals surface area (Å²) in [6.45, 7) is 3.83. The molecular formula is C24H18ClN3O4S2. The molecule has 1 fully saturated rings. The van der Waals surface area contributed by atoms with E-state index in [2.05, 4.69) is 5.43 Å². The molecule has 1 saturated heterocycles. The smallest absolute Gasteiger partial charge is 0.335 e. The molecule has 0 bridgehead atoms. The Morgan fingerprint density at radius 3 is 2.29 bits per heavy atom. The van der Waals surface area contributed by atoms with Crippen LogP contribution >= 0.6 is 35.6 Å². The highest BCUT2D eigenvalue weighted by molar-refractivity contribution is 8.26. The van der Waals surface area contributed by atoms with Crippen LogP contribution in [0.3, 0.4) is 0 Å². The van der Waals surface area contributed by atoms with Crippen LogP contribution in [0, 0.1) is 13.8 Å². The van der Waals surface area contributed by atoms with Crippen molar-refractivity contribution in [2.75, 3.05) is 0 Å². The molecule has 2 N–H and O–H groups in total. The van der Waals surface area contributed by atoms with Gasteiger partial charge in [-0.05, 0) is 92.3 Å². The van der Waals surface area contributed by atoms with Crippen molar-refractivity contribution >= 4 is 63.8 Å². The van der Waals surface area contributed by atoms with E-state index in [9.17, 15) is 14.4 Å². The van der Waals surface area contributed by atoms with E-state index in [1.54, 1.807) is 54.6 Å². The number of hydrogen-bond donors (Lipinski definition) is 2. The Kier molecular flexibility index (Phi) is 6.60. The average molecular weight is 512 g/mol. The van der Waals surface area contributed by atoms with Gasteiger partial charge in [0.05, 0.1) is 10.5 Å². The topological polar surface area (TPSA) is 91.6 Å². The Bertz CT molecular complexity index is 1360. The van der Waals surface area contributed by atoms with Crippen LogP contribution in [-0.4, -0.2) is 36.8 Å². The van der Waals surface area contributed by atoms with Crippen LogP contribution in [0.2, 0.25) is 5.02 Å². The van der Waals surface area contributed by atoms with Crippen LogP contribution in [0.15, 0.2) is 59.5 Å². The summed E-state index contributed by atoms with van der Waals surface area (Å²) in [6.07, 6.45) is 1.73. The zero-order chi connectivity index (χ0) is 24.6. The van der Waals surface area contributed by atoms with Gasteiger partial charge in [0.1, 0.15) is 0 Å². The summed E-state index contributed by atoms with van der Waals surface area (Å²) in [7, 11) is 0. The number of nitrogens with zero attached hydrogens (tertiary/aromatic N) is 2. The lowest BCUT2D eigenvalue weighted by atomic mass is 10.2. The van der Waals surface area contributed by atoms with Gasteiger partial charge in [0.15, 0.2) is 4.32 Å². The van der Waals surface area contributed by atoms with Crippen LogP contribution in [0.5, 0.6) is 0 Å². The minimum absolute atomic E-state index is 0.204. The quantitative estimate of drug-likeness (QED) is 0.370. The molecule has 172 valence electrons. The predicted octanol–water partition coefficient (Wildman–Crippen LogP) is 4.99. The Balaban J connectivity index is 1.57. The second kappa shape index (κ2) is 9.46. The van der Waals surface area contributed by atoms with E-state index in [1.165, 1.54) is 0 Å². The number of halogens is 1. The lowest BCUT2D eigenvalue weighted by molar-refractivity contribution is -0.123. The molecular weight excluding hydrogens is 494 g/mol. The number of benzene rings is 2. The highest BCUT2D eigenvalue weighted by Gasteiger charge is 2.34. The maximum Gasteiger partial charge on any atom is 0.335 e. The lowest BCUT2D eigenvalue weighted by Crippen LogP contribution is -2.44. The molecule has 10 heteroatoms. The highest BCUT2D eigenvalue weighted by Crippen LogP contribution is 2.33. The van der Waals surface area contributed by atoms with Gasteiger partial charge in [-0.1, -0.05) is 23.4 Å². The summed E-state index contributed by atoms with van der Waals surface area (Å²) in [6, 6.07) is 14.8. The first-order valence-electron chi connectivity index (χ1n) is 10.0. The maximum atomic E-state index is 13.0. The van der Waals surface area contributed by atoms with Gasteiger partial charge in [0.2, 0.25) is 0 Å². The number of rotatable bonds is 5. The largest absolute Gasteiger partial charge is 0.478 e. The first-order chi connectivity index (χ1) is 16.2. The second-order valence-electron chi connectivity index (χ2n) is 7.48. The molecule has 1 aromatic heterocycles. The molecule has 34 heavy (non-hydrogen) atoms. The number of thiocarbonyl (C=S) groups is 1. The van der Waals surface area contributed by atoms with Crippen molar-refractivity contribution in [3.8, 4) is 5.69 Å². The van der Waals surface area contributed by atoms with E-state index in [0.717, 1.165) is 39.4 Å². The van der Waals surface area contributed by atoms with Crippen molar-refractivity contribution in [2.45, 2.75) is 13.8 Å². The fraction of sp³-hybridized carbons (Fsp3) is 0.0833. The molecule has 3 aromatic rings. The number of hydrazine groups is 1. The van der Waals surface area contributed by atoms with E-state index in [0.29, 0.717) is 15.5 Å². The summed E-state index contributed by atoms with van der Waals surface area (Å²) in [5, 5.41) is 10.7. The summed E-state index contributed by atoms with van der Waals surface area (Å²) in [4.78, 5) is 37.0. The molecule has 2 amide bonds. The molecule has 0 atom stereocenters. The van der Waals surface area contributed by atoms with Gasteiger partial charge in [0, 0.05) is 27.7 Å². The number of aromatic nitrogens is 1. The number of carboxylic acid groups (broad SMARTS) is 1. The zero-order valence-electron chi connectivity index (χ0n) is 18.0. The van der Waals surface area contributed by atoms with Crippen molar-refractivity contribution in [3.05, 3.63) is 92.6 Å². The molecule has 0 radical (unpaired) electrons. The number of hydrogen-bond acceptors (Lipinski definition) is 5. The van der Waals surface area contributed by atoms with E-state index >= 15 is 0 Å². The van der Waals surface area contributed by atoms with Gasteiger partial charge in [-0.25, -0.2) is 4.79 Å². The molecule has 2 heterocycles. The third-order valence-corrected chi connectivity index (χ3v) is 6.80. The minimum atomic E-state index is -0.988. The molecule has 7 nitrogen and oxygen atoms in total. The fourth-order valence-electron chi connectivity index (χ4n) is 3.56. The monoisotopic (exact) mass is 511 g/mol. The van der Waals surface area contributed by atoms with Crippen LogP contribution in [0.25, 0.3) is 11.8 Å². The number of nitrogens with one attached hydrogen (secondary N) is 1. The predicted molar refractivity (Wildman–Crippen MR) is 136 cm³/mol. The first kappa shape index (κ1) is 23.7.